The zero-order chi connectivity index (χ0) is 18.9. The average molecular weight is 462 g/mol. The zero-order valence-electron chi connectivity index (χ0n) is 12.5. The average Bonchev–Trinajstić information content (AvgIpc) is 2.53. The van der Waals surface area contributed by atoms with E-state index in [2.05, 4.69) is 0 Å². The van der Waals surface area contributed by atoms with Gasteiger partial charge in [0.25, 0.3) is 10.0 Å². The van der Waals surface area contributed by atoms with Gasteiger partial charge in [-0.25, -0.2) is 8.42 Å². The van der Waals surface area contributed by atoms with Gasteiger partial charge in [-0.1, -0.05) is 46.4 Å². The molecule has 0 radical (unpaired) electrons. The molecule has 0 aliphatic carbocycles. The van der Waals surface area contributed by atoms with Gasteiger partial charge in [0.05, 0.1) is 25.7 Å². The molecule has 0 fully saturated rings. The summed E-state index contributed by atoms with van der Waals surface area (Å²) in [4.78, 5) is 11.5. The Morgan fingerprint density at radius 2 is 1.56 bits per heavy atom. The minimum atomic E-state index is -4.24. The molecule has 2 aromatic rings. The molecule has 0 aliphatic rings. The van der Waals surface area contributed by atoms with Crippen LogP contribution < -0.4 is 4.31 Å². The minimum absolute atomic E-state index is 0.0155. The fraction of sp³-hybridized carbons (Fsp3) is 0.133. The summed E-state index contributed by atoms with van der Waals surface area (Å²) in [5.41, 5.74) is 0.0155. The van der Waals surface area contributed by atoms with Crippen molar-refractivity contribution in [3.05, 3.63) is 56.5 Å². The van der Waals surface area contributed by atoms with Gasteiger partial charge in [-0.2, -0.15) is 0 Å². The van der Waals surface area contributed by atoms with Crippen molar-refractivity contribution in [3.63, 3.8) is 0 Å². The first-order valence-electron chi connectivity index (χ1n) is 6.69. The lowest BCUT2D eigenvalue weighted by atomic mass is 10.3. The Kier molecular flexibility index (Phi) is 6.52. The molecule has 1 unspecified atom stereocenters. The maximum absolute atomic E-state index is 13.1. The molecule has 2 rings (SSSR count). The number of halogens is 5. The Balaban J connectivity index is 2.72. The van der Waals surface area contributed by atoms with Crippen LogP contribution in [0.2, 0.25) is 20.1 Å². The highest BCUT2D eigenvalue weighted by Crippen LogP contribution is 2.36. The van der Waals surface area contributed by atoms with E-state index in [-0.39, 0.29) is 30.7 Å². The SMILES string of the molecule is CC(C(=O)Cl)N(c1cc(Cl)ccc1Cl)S(=O)(=O)c1ccc(Cl)c(Cl)c1. The summed E-state index contributed by atoms with van der Waals surface area (Å²) in [6, 6.07) is 6.78. The largest absolute Gasteiger partial charge is 0.279 e. The molecule has 4 nitrogen and oxygen atoms in total. The van der Waals surface area contributed by atoms with Crippen LogP contribution in [0.1, 0.15) is 6.92 Å². The van der Waals surface area contributed by atoms with E-state index in [0.29, 0.717) is 0 Å². The molecule has 0 aliphatic heterocycles. The van der Waals surface area contributed by atoms with Crippen molar-refractivity contribution >= 4 is 79.0 Å². The number of carbonyl (C=O) groups excluding carboxylic acids is 1. The van der Waals surface area contributed by atoms with E-state index in [1.54, 1.807) is 0 Å². The second-order valence-corrected chi connectivity index (χ2v) is 8.80. The minimum Gasteiger partial charge on any atom is -0.279 e. The van der Waals surface area contributed by atoms with Crippen molar-refractivity contribution in [1.82, 2.24) is 0 Å². The van der Waals surface area contributed by atoms with Crippen LogP contribution in [0.25, 0.3) is 0 Å². The maximum atomic E-state index is 13.1. The second-order valence-electron chi connectivity index (χ2n) is 4.95. The summed E-state index contributed by atoms with van der Waals surface area (Å²) in [7, 11) is -4.24. The Labute approximate surface area is 170 Å². The van der Waals surface area contributed by atoms with Crippen molar-refractivity contribution in [1.29, 1.82) is 0 Å². The van der Waals surface area contributed by atoms with Gasteiger partial charge in [-0.15, -0.1) is 0 Å². The van der Waals surface area contributed by atoms with Gasteiger partial charge < -0.3 is 0 Å². The maximum Gasteiger partial charge on any atom is 0.265 e. The Hall–Kier alpha value is -0.690. The molecular formula is C15H10Cl5NO3S. The zero-order valence-corrected chi connectivity index (χ0v) is 17.1. The lowest BCUT2D eigenvalue weighted by molar-refractivity contribution is -0.112. The molecule has 0 spiro atoms. The van der Waals surface area contributed by atoms with Crippen molar-refractivity contribution in [2.45, 2.75) is 17.9 Å². The molecule has 10 heteroatoms. The van der Waals surface area contributed by atoms with Crippen LogP contribution in [0.4, 0.5) is 5.69 Å². The highest BCUT2D eigenvalue weighted by Gasteiger charge is 2.34. The number of nitrogens with zero attached hydrogens (tertiary/aromatic N) is 1. The van der Waals surface area contributed by atoms with Crippen molar-refractivity contribution < 1.29 is 13.2 Å². The van der Waals surface area contributed by atoms with Gasteiger partial charge in [-0.3, -0.25) is 9.10 Å². The topological polar surface area (TPSA) is 54.5 Å². The highest BCUT2D eigenvalue weighted by atomic mass is 35.5. The van der Waals surface area contributed by atoms with Gasteiger partial charge in [0.1, 0.15) is 6.04 Å². The van der Waals surface area contributed by atoms with E-state index < -0.39 is 21.3 Å². The van der Waals surface area contributed by atoms with E-state index in [9.17, 15) is 13.2 Å². The quantitative estimate of drug-likeness (QED) is 0.541. The molecule has 25 heavy (non-hydrogen) atoms. The van der Waals surface area contributed by atoms with Crippen LogP contribution >= 0.6 is 58.0 Å². The van der Waals surface area contributed by atoms with E-state index in [0.717, 1.165) is 4.31 Å². The molecule has 0 saturated carbocycles. The highest BCUT2D eigenvalue weighted by molar-refractivity contribution is 7.93. The van der Waals surface area contributed by atoms with E-state index in [4.69, 9.17) is 58.0 Å². The number of rotatable bonds is 5. The summed E-state index contributed by atoms with van der Waals surface area (Å²) in [6.45, 7) is 1.33. The van der Waals surface area contributed by atoms with E-state index in [1.807, 2.05) is 0 Å². The van der Waals surface area contributed by atoms with Gasteiger partial charge in [0.2, 0.25) is 5.24 Å². The Morgan fingerprint density at radius 1 is 0.960 bits per heavy atom. The van der Waals surface area contributed by atoms with E-state index in [1.165, 1.54) is 43.3 Å². The fourth-order valence-electron chi connectivity index (χ4n) is 2.04. The van der Waals surface area contributed by atoms with Gasteiger partial charge in [0, 0.05) is 5.02 Å². The molecule has 0 bridgehead atoms. The van der Waals surface area contributed by atoms with Gasteiger partial charge in [0.15, 0.2) is 0 Å². The first kappa shape index (κ1) is 20.6. The molecule has 0 amide bonds. The van der Waals surface area contributed by atoms with Crippen LogP contribution in [0, 0.1) is 0 Å². The third kappa shape index (κ3) is 4.35. The Morgan fingerprint density at radius 3 is 2.12 bits per heavy atom. The number of hydrogen-bond donors (Lipinski definition) is 0. The number of sulfonamides is 1. The van der Waals surface area contributed by atoms with Crippen LogP contribution in [0.3, 0.4) is 0 Å². The summed E-state index contributed by atoms with van der Waals surface area (Å²) in [5.74, 6) is 0. The monoisotopic (exact) mass is 459 g/mol. The molecule has 1 atom stereocenters. The normalized spacial score (nSPS) is 12.7. The molecule has 134 valence electrons. The summed E-state index contributed by atoms with van der Waals surface area (Å²) >= 11 is 29.4. The number of carbonyl (C=O) groups is 1. The smallest absolute Gasteiger partial charge is 0.265 e. The molecule has 0 N–H and O–H groups in total. The Bertz CT molecular complexity index is 933. The fourth-order valence-corrected chi connectivity index (χ4v) is 4.64. The van der Waals surface area contributed by atoms with Gasteiger partial charge >= 0.3 is 0 Å². The van der Waals surface area contributed by atoms with E-state index >= 15 is 0 Å². The van der Waals surface area contributed by atoms with Crippen LogP contribution in [0.5, 0.6) is 0 Å². The molecular weight excluding hydrogens is 452 g/mol. The summed E-state index contributed by atoms with van der Waals surface area (Å²) < 4.78 is 27.0. The molecule has 2 aromatic carbocycles. The van der Waals surface area contributed by atoms with Crippen LogP contribution in [-0.4, -0.2) is 19.7 Å². The molecule has 0 aromatic heterocycles. The number of anilines is 1. The van der Waals surface area contributed by atoms with Crippen molar-refractivity contribution in [2.24, 2.45) is 0 Å². The summed E-state index contributed by atoms with van der Waals surface area (Å²) in [6.07, 6.45) is 0. The number of benzene rings is 2. The lowest BCUT2D eigenvalue weighted by Crippen LogP contribution is -2.42. The number of hydrogen-bond acceptors (Lipinski definition) is 3. The van der Waals surface area contributed by atoms with Crippen molar-refractivity contribution in [2.75, 3.05) is 4.31 Å². The first-order chi connectivity index (χ1) is 11.6. The second kappa shape index (κ2) is 7.91. The predicted octanol–water partition coefficient (Wildman–Crippen LogP) is 5.65. The predicted molar refractivity (Wildman–Crippen MR) is 103 cm³/mol. The van der Waals surface area contributed by atoms with Crippen LogP contribution in [-0.2, 0) is 14.8 Å². The third-order valence-corrected chi connectivity index (χ3v) is 6.76. The molecule has 0 heterocycles. The summed E-state index contributed by atoms with van der Waals surface area (Å²) in [5, 5.41) is -0.334. The van der Waals surface area contributed by atoms with Gasteiger partial charge in [-0.05, 0) is 54.9 Å². The molecule has 0 saturated heterocycles. The third-order valence-electron chi connectivity index (χ3n) is 3.27. The lowest BCUT2D eigenvalue weighted by Gasteiger charge is -2.29. The van der Waals surface area contributed by atoms with Crippen LogP contribution in [0.15, 0.2) is 41.3 Å². The van der Waals surface area contributed by atoms with Crippen molar-refractivity contribution in [3.8, 4) is 0 Å². The first-order valence-corrected chi connectivity index (χ1v) is 10.0. The standard InChI is InChI=1S/C15H10Cl5NO3S/c1-8(15(20)22)21(14-6-9(16)2-4-12(14)18)25(23,24)10-3-5-11(17)13(19)7-10/h2-8H,1H3.